The monoisotopic (exact) mass is 101 g/mol. The zero-order valence-electron chi connectivity index (χ0n) is 3.53. The van der Waals surface area contributed by atoms with Crippen molar-refractivity contribution >= 4 is 0 Å². The summed E-state index contributed by atoms with van der Waals surface area (Å²) in [7, 11) is 0. The molecule has 42 valence electrons. The first-order valence-electron chi connectivity index (χ1n) is 1.95. The molecule has 0 amide bonds. The summed E-state index contributed by atoms with van der Waals surface area (Å²) in [5, 5.41) is 2.90. The average Bonchev–Trinajstić information content (AvgIpc) is 1.86. The van der Waals surface area contributed by atoms with Gasteiger partial charge in [0.2, 0.25) is 0 Å². The molecule has 0 atom stereocenters. The molecule has 1 saturated heterocycles. The molecule has 1 aliphatic heterocycles. The van der Waals surface area contributed by atoms with Crippen molar-refractivity contribution in [3.05, 3.63) is 12.5 Å². The van der Waals surface area contributed by atoms with E-state index >= 15 is 0 Å². The van der Waals surface area contributed by atoms with Crippen LogP contribution in [0.2, 0.25) is 0 Å². The van der Waals surface area contributed by atoms with Gasteiger partial charge in [0.1, 0.15) is 6.61 Å². The van der Waals surface area contributed by atoms with Crippen LogP contribution >= 0.6 is 0 Å². The second-order valence-electron chi connectivity index (χ2n) is 1.20. The third-order valence-electron chi connectivity index (χ3n) is 0.701. The van der Waals surface area contributed by atoms with Gasteiger partial charge in [-0.1, -0.05) is 7.43 Å². The summed E-state index contributed by atoms with van der Waals surface area (Å²) in [4.78, 5) is 0. The van der Waals surface area contributed by atoms with Gasteiger partial charge in [0, 0.05) is 0 Å². The Balaban J connectivity index is 0.000000360. The molecule has 0 aromatic carbocycles. The minimum absolute atomic E-state index is 0. The molecule has 1 N–H and O–H groups in total. The van der Waals surface area contributed by atoms with Gasteiger partial charge in [-0.2, -0.15) is 0 Å². The van der Waals surface area contributed by atoms with Crippen LogP contribution < -0.4 is 5.32 Å². The molecule has 2 nitrogen and oxygen atoms in total. The van der Waals surface area contributed by atoms with Crippen molar-refractivity contribution in [2.75, 3.05) is 13.2 Å². The van der Waals surface area contributed by atoms with E-state index < -0.39 is 0 Å². The van der Waals surface area contributed by atoms with E-state index in [4.69, 9.17) is 4.74 Å². The second kappa shape index (κ2) is 2.50. The van der Waals surface area contributed by atoms with Crippen LogP contribution in [0.3, 0.4) is 0 Å². The van der Waals surface area contributed by atoms with E-state index in [0.29, 0.717) is 5.88 Å². The van der Waals surface area contributed by atoms with Crippen molar-refractivity contribution in [2.45, 2.75) is 7.43 Å². The van der Waals surface area contributed by atoms with Gasteiger partial charge in [-0.3, -0.25) is 0 Å². The third kappa shape index (κ3) is 1.48. The first-order chi connectivity index (χ1) is 2.89. The van der Waals surface area contributed by atoms with Crippen molar-refractivity contribution in [3.63, 3.8) is 0 Å². The van der Waals surface area contributed by atoms with Crippen LogP contribution in [0.1, 0.15) is 7.43 Å². The highest BCUT2D eigenvalue weighted by molar-refractivity contribution is 4.82. The highest BCUT2D eigenvalue weighted by Crippen LogP contribution is 1.92. The molecule has 1 aliphatic rings. The molecule has 2 heteroatoms. The summed E-state index contributed by atoms with van der Waals surface area (Å²) in [5.41, 5.74) is 0. The summed E-state index contributed by atoms with van der Waals surface area (Å²) < 4.78 is 4.85. The van der Waals surface area contributed by atoms with Crippen LogP contribution in [0, 0.1) is 0 Å². The second-order valence-corrected chi connectivity index (χ2v) is 1.20. The van der Waals surface area contributed by atoms with Gasteiger partial charge >= 0.3 is 0 Å². The molecular weight excluding hydrogens is 90.1 g/mol. The number of hydrogen-bond donors (Lipinski definition) is 1. The Morgan fingerprint density at radius 2 is 2.43 bits per heavy atom. The van der Waals surface area contributed by atoms with E-state index in [-0.39, 0.29) is 7.43 Å². The number of rotatable bonds is 0. The first kappa shape index (κ1) is 6.34. The summed E-state index contributed by atoms with van der Waals surface area (Å²) in [6.45, 7) is 5.21. The third-order valence-corrected chi connectivity index (χ3v) is 0.701. The van der Waals surface area contributed by atoms with Crippen LogP contribution in [-0.2, 0) is 4.74 Å². The molecule has 0 radical (unpaired) electrons. The average molecular weight is 101 g/mol. The largest absolute Gasteiger partial charge is 0.478 e. The van der Waals surface area contributed by atoms with Crippen LogP contribution in [0.4, 0.5) is 0 Å². The first-order valence-corrected chi connectivity index (χ1v) is 1.95. The Hall–Kier alpha value is -0.660. The lowest BCUT2D eigenvalue weighted by molar-refractivity contribution is 0.267. The molecule has 0 aromatic heterocycles. The summed E-state index contributed by atoms with van der Waals surface area (Å²) in [5.74, 6) is 0.704. The van der Waals surface area contributed by atoms with E-state index in [1.807, 2.05) is 0 Å². The fourth-order valence-corrected chi connectivity index (χ4v) is 0.416. The molecule has 0 spiro atoms. The Bertz CT molecular complexity index is 62.5. The van der Waals surface area contributed by atoms with Crippen molar-refractivity contribution < 1.29 is 4.74 Å². The zero-order chi connectivity index (χ0) is 4.41. The van der Waals surface area contributed by atoms with Crippen molar-refractivity contribution in [2.24, 2.45) is 0 Å². The van der Waals surface area contributed by atoms with Gasteiger partial charge < -0.3 is 10.1 Å². The van der Waals surface area contributed by atoms with Gasteiger partial charge in [-0.05, 0) is 6.58 Å². The Labute approximate surface area is 44.2 Å². The van der Waals surface area contributed by atoms with E-state index in [1.165, 1.54) is 0 Å². The maximum atomic E-state index is 4.85. The quantitative estimate of drug-likeness (QED) is 0.485. The van der Waals surface area contributed by atoms with Gasteiger partial charge in [-0.25, -0.2) is 0 Å². The van der Waals surface area contributed by atoms with Crippen LogP contribution in [0.15, 0.2) is 12.5 Å². The Morgan fingerprint density at radius 1 is 1.71 bits per heavy atom. The molecule has 7 heavy (non-hydrogen) atoms. The smallest absolute Gasteiger partial charge is 0.179 e. The molecule has 0 aliphatic carbocycles. The standard InChI is InChI=1S/C4H7NO.CH4/c1-4-5-2-3-6-4;/h5H,1-3H2;1H4. The number of nitrogens with one attached hydrogen (secondary N) is 1. The van der Waals surface area contributed by atoms with E-state index in [2.05, 4.69) is 11.9 Å². The minimum Gasteiger partial charge on any atom is -0.478 e. The molecule has 0 saturated carbocycles. The fraction of sp³-hybridized carbons (Fsp3) is 0.600. The molecule has 0 bridgehead atoms. The van der Waals surface area contributed by atoms with E-state index in [0.717, 1.165) is 13.2 Å². The predicted octanol–water partition coefficient (Wildman–Crippen LogP) is 0.714. The molecular formula is C5H11NO. The molecule has 0 aromatic rings. The van der Waals surface area contributed by atoms with E-state index in [9.17, 15) is 0 Å². The lowest BCUT2D eigenvalue weighted by Crippen LogP contribution is -2.02. The Kier molecular flexibility index (Phi) is 2.27. The minimum atomic E-state index is 0. The summed E-state index contributed by atoms with van der Waals surface area (Å²) in [6, 6.07) is 0. The van der Waals surface area contributed by atoms with Gasteiger partial charge in [0.25, 0.3) is 0 Å². The molecule has 1 rings (SSSR count). The predicted molar refractivity (Wildman–Crippen MR) is 29.8 cm³/mol. The SMILES string of the molecule is C.C=C1NCCO1. The van der Waals surface area contributed by atoms with Crippen LogP contribution in [0.25, 0.3) is 0 Å². The zero-order valence-corrected chi connectivity index (χ0v) is 3.53. The van der Waals surface area contributed by atoms with E-state index in [1.54, 1.807) is 0 Å². The maximum Gasteiger partial charge on any atom is 0.179 e. The fourth-order valence-electron chi connectivity index (χ4n) is 0.416. The van der Waals surface area contributed by atoms with Crippen LogP contribution in [0.5, 0.6) is 0 Å². The summed E-state index contributed by atoms with van der Waals surface area (Å²) in [6.07, 6.45) is 0. The highest BCUT2D eigenvalue weighted by atomic mass is 16.5. The van der Waals surface area contributed by atoms with Crippen molar-refractivity contribution in [3.8, 4) is 0 Å². The lowest BCUT2D eigenvalue weighted by atomic mass is 10.7. The molecule has 1 fully saturated rings. The highest BCUT2D eigenvalue weighted by Gasteiger charge is 1.98. The Morgan fingerprint density at radius 3 is 2.57 bits per heavy atom. The van der Waals surface area contributed by atoms with Gasteiger partial charge in [0.05, 0.1) is 6.54 Å². The lowest BCUT2D eigenvalue weighted by Gasteiger charge is -1.88. The van der Waals surface area contributed by atoms with Crippen molar-refractivity contribution in [1.29, 1.82) is 0 Å². The maximum absolute atomic E-state index is 4.85. The van der Waals surface area contributed by atoms with Gasteiger partial charge in [0.15, 0.2) is 5.88 Å². The molecule has 1 heterocycles. The van der Waals surface area contributed by atoms with Crippen molar-refractivity contribution in [1.82, 2.24) is 5.32 Å². The van der Waals surface area contributed by atoms with Gasteiger partial charge in [-0.15, -0.1) is 0 Å². The summed E-state index contributed by atoms with van der Waals surface area (Å²) >= 11 is 0. The topological polar surface area (TPSA) is 21.3 Å². The molecule has 0 unspecified atom stereocenters. The van der Waals surface area contributed by atoms with Crippen LogP contribution in [-0.4, -0.2) is 13.2 Å². The number of ether oxygens (including phenoxy) is 1. The number of hydrogen-bond acceptors (Lipinski definition) is 2. The normalized spacial score (nSPS) is 16.9.